The van der Waals surface area contributed by atoms with Gasteiger partial charge in [0.05, 0.1) is 12.7 Å². The summed E-state index contributed by atoms with van der Waals surface area (Å²) in [6.45, 7) is 2.38. The van der Waals surface area contributed by atoms with E-state index in [4.69, 9.17) is 4.74 Å². The Labute approximate surface area is 105 Å². The first kappa shape index (κ1) is 12.3. The van der Waals surface area contributed by atoms with Gasteiger partial charge in [-0.25, -0.2) is 4.98 Å². The normalized spacial score (nSPS) is 10.3. The van der Waals surface area contributed by atoms with Gasteiger partial charge in [0.15, 0.2) is 0 Å². The van der Waals surface area contributed by atoms with Gasteiger partial charge in [0.25, 0.3) is 5.56 Å². The second-order valence-corrected chi connectivity index (χ2v) is 3.80. The molecule has 0 aliphatic carbocycles. The molecule has 5 heteroatoms. The average molecular weight is 245 g/mol. The van der Waals surface area contributed by atoms with Crippen molar-refractivity contribution < 1.29 is 4.74 Å². The molecule has 94 valence electrons. The van der Waals surface area contributed by atoms with Crippen molar-refractivity contribution in [3.05, 3.63) is 52.3 Å². The molecule has 0 atom stereocenters. The fraction of sp³-hybridized carbons (Fsp3) is 0.308. The maximum Gasteiger partial charge on any atom is 0.254 e. The van der Waals surface area contributed by atoms with Crippen molar-refractivity contribution in [2.24, 2.45) is 0 Å². The number of hydrogen-bond acceptors (Lipinski definition) is 4. The first-order valence-electron chi connectivity index (χ1n) is 5.91. The lowest BCUT2D eigenvalue weighted by atomic mass is 10.3. The van der Waals surface area contributed by atoms with Crippen LogP contribution in [0.4, 0.5) is 0 Å². The van der Waals surface area contributed by atoms with E-state index in [1.165, 1.54) is 6.07 Å². The van der Waals surface area contributed by atoms with E-state index in [2.05, 4.69) is 15.0 Å². The molecule has 2 aromatic heterocycles. The number of pyridine rings is 1. The highest BCUT2D eigenvalue weighted by molar-refractivity contribution is 5.09. The summed E-state index contributed by atoms with van der Waals surface area (Å²) in [5, 5.41) is 0. The summed E-state index contributed by atoms with van der Waals surface area (Å²) in [5.41, 5.74) is 0.771. The molecule has 0 spiro atoms. The van der Waals surface area contributed by atoms with E-state index >= 15 is 0 Å². The Balaban J connectivity index is 1.94. The SMILES string of the molecule is CCc1nc(OCCc2ccccn2)cc(=O)[nH]1. The number of rotatable bonds is 5. The Morgan fingerprint density at radius 2 is 2.28 bits per heavy atom. The number of nitrogens with zero attached hydrogens (tertiary/aromatic N) is 2. The quantitative estimate of drug-likeness (QED) is 0.863. The van der Waals surface area contributed by atoms with E-state index in [1.54, 1.807) is 6.20 Å². The molecule has 0 amide bonds. The number of aromatic amines is 1. The van der Waals surface area contributed by atoms with Crippen molar-refractivity contribution in [3.63, 3.8) is 0 Å². The standard InChI is InChI=1S/C13H15N3O2/c1-2-11-15-12(17)9-13(16-11)18-8-6-10-5-3-4-7-14-10/h3-5,7,9H,2,6,8H2,1H3,(H,15,16,17). The zero-order valence-electron chi connectivity index (χ0n) is 10.2. The van der Waals surface area contributed by atoms with Gasteiger partial charge >= 0.3 is 0 Å². The largest absolute Gasteiger partial charge is 0.477 e. The van der Waals surface area contributed by atoms with Gasteiger partial charge in [0.2, 0.25) is 5.88 Å². The third-order valence-corrected chi connectivity index (χ3v) is 2.44. The summed E-state index contributed by atoms with van der Waals surface area (Å²) in [5.74, 6) is 1.00. The van der Waals surface area contributed by atoms with Gasteiger partial charge in [0, 0.05) is 24.7 Å². The molecule has 0 saturated carbocycles. The van der Waals surface area contributed by atoms with E-state index in [-0.39, 0.29) is 5.56 Å². The van der Waals surface area contributed by atoms with Gasteiger partial charge in [0.1, 0.15) is 5.82 Å². The summed E-state index contributed by atoms with van der Waals surface area (Å²) in [4.78, 5) is 22.3. The van der Waals surface area contributed by atoms with Crippen LogP contribution in [0.3, 0.4) is 0 Å². The van der Waals surface area contributed by atoms with Crippen LogP contribution in [0, 0.1) is 0 Å². The van der Waals surface area contributed by atoms with Gasteiger partial charge in [-0.05, 0) is 12.1 Å². The van der Waals surface area contributed by atoms with Gasteiger partial charge < -0.3 is 9.72 Å². The number of hydrogen-bond donors (Lipinski definition) is 1. The second kappa shape index (κ2) is 5.95. The number of aryl methyl sites for hydroxylation is 1. The average Bonchev–Trinajstić information content (AvgIpc) is 2.39. The van der Waals surface area contributed by atoms with Gasteiger partial charge in [-0.1, -0.05) is 13.0 Å². The molecule has 0 radical (unpaired) electrons. The van der Waals surface area contributed by atoms with Crippen LogP contribution in [-0.2, 0) is 12.8 Å². The minimum atomic E-state index is -0.185. The van der Waals surface area contributed by atoms with Gasteiger partial charge in [-0.15, -0.1) is 0 Å². The smallest absolute Gasteiger partial charge is 0.254 e. The van der Waals surface area contributed by atoms with E-state index in [9.17, 15) is 4.79 Å². The topological polar surface area (TPSA) is 67.9 Å². The van der Waals surface area contributed by atoms with E-state index in [0.717, 1.165) is 5.69 Å². The molecule has 2 rings (SSSR count). The first-order valence-corrected chi connectivity index (χ1v) is 5.91. The number of aromatic nitrogens is 3. The lowest BCUT2D eigenvalue weighted by Gasteiger charge is -2.05. The molecule has 0 saturated heterocycles. The summed E-state index contributed by atoms with van der Waals surface area (Å²) in [7, 11) is 0. The molecule has 0 aliphatic rings. The van der Waals surface area contributed by atoms with Crippen LogP contribution >= 0.6 is 0 Å². The Morgan fingerprint density at radius 3 is 3.00 bits per heavy atom. The predicted molar refractivity (Wildman–Crippen MR) is 67.7 cm³/mol. The van der Waals surface area contributed by atoms with Crippen molar-refractivity contribution in [3.8, 4) is 5.88 Å². The van der Waals surface area contributed by atoms with Gasteiger partial charge in [-0.2, -0.15) is 0 Å². The minimum Gasteiger partial charge on any atom is -0.477 e. The molecular formula is C13H15N3O2. The van der Waals surface area contributed by atoms with E-state index in [1.807, 2.05) is 25.1 Å². The van der Waals surface area contributed by atoms with Crippen molar-refractivity contribution >= 4 is 0 Å². The maximum absolute atomic E-state index is 11.3. The molecule has 2 aromatic rings. The molecular weight excluding hydrogens is 230 g/mol. The van der Waals surface area contributed by atoms with Crippen LogP contribution in [0.25, 0.3) is 0 Å². The minimum absolute atomic E-state index is 0.185. The third-order valence-electron chi connectivity index (χ3n) is 2.44. The Bertz CT molecular complexity index is 552. The summed E-state index contributed by atoms with van der Waals surface area (Å²) in [6.07, 6.45) is 3.11. The molecule has 18 heavy (non-hydrogen) atoms. The highest BCUT2D eigenvalue weighted by Gasteiger charge is 2.01. The van der Waals surface area contributed by atoms with Crippen molar-refractivity contribution in [2.45, 2.75) is 19.8 Å². The zero-order valence-corrected chi connectivity index (χ0v) is 10.2. The molecule has 0 unspecified atom stereocenters. The maximum atomic E-state index is 11.3. The van der Waals surface area contributed by atoms with Crippen LogP contribution in [0.2, 0.25) is 0 Å². The van der Waals surface area contributed by atoms with Crippen LogP contribution in [0.1, 0.15) is 18.4 Å². The van der Waals surface area contributed by atoms with Crippen molar-refractivity contribution in [2.75, 3.05) is 6.61 Å². The van der Waals surface area contributed by atoms with E-state index < -0.39 is 0 Å². The molecule has 0 bridgehead atoms. The molecule has 1 N–H and O–H groups in total. The lowest BCUT2D eigenvalue weighted by Crippen LogP contribution is -2.12. The summed E-state index contributed by atoms with van der Waals surface area (Å²) in [6, 6.07) is 7.10. The van der Waals surface area contributed by atoms with Crippen molar-refractivity contribution in [1.82, 2.24) is 15.0 Å². The molecule has 0 aliphatic heterocycles. The van der Waals surface area contributed by atoms with Crippen LogP contribution in [0.15, 0.2) is 35.3 Å². The second-order valence-electron chi connectivity index (χ2n) is 3.80. The van der Waals surface area contributed by atoms with E-state index in [0.29, 0.717) is 31.2 Å². The number of ether oxygens (including phenoxy) is 1. The molecule has 0 fully saturated rings. The summed E-state index contributed by atoms with van der Waals surface area (Å²) < 4.78 is 5.46. The van der Waals surface area contributed by atoms with Crippen LogP contribution in [-0.4, -0.2) is 21.6 Å². The molecule has 0 aromatic carbocycles. The third kappa shape index (κ3) is 3.41. The Kier molecular flexibility index (Phi) is 4.06. The van der Waals surface area contributed by atoms with Crippen molar-refractivity contribution in [1.29, 1.82) is 0 Å². The first-order chi connectivity index (χ1) is 8.78. The fourth-order valence-electron chi connectivity index (χ4n) is 1.53. The van der Waals surface area contributed by atoms with Gasteiger partial charge in [-0.3, -0.25) is 9.78 Å². The number of nitrogens with one attached hydrogen (secondary N) is 1. The summed E-state index contributed by atoms with van der Waals surface area (Å²) >= 11 is 0. The molecule has 5 nitrogen and oxygen atoms in total. The Hall–Kier alpha value is -2.17. The highest BCUT2D eigenvalue weighted by atomic mass is 16.5. The zero-order chi connectivity index (χ0) is 12.8. The number of H-pyrrole nitrogens is 1. The predicted octanol–water partition coefficient (Wildman–Crippen LogP) is 1.35. The lowest BCUT2D eigenvalue weighted by molar-refractivity contribution is 0.306. The monoisotopic (exact) mass is 245 g/mol. The fourth-order valence-corrected chi connectivity index (χ4v) is 1.53. The Morgan fingerprint density at radius 1 is 1.39 bits per heavy atom. The highest BCUT2D eigenvalue weighted by Crippen LogP contribution is 2.04. The van der Waals surface area contributed by atoms with Crippen LogP contribution in [0.5, 0.6) is 5.88 Å². The van der Waals surface area contributed by atoms with Crippen LogP contribution < -0.4 is 10.3 Å². The molecule has 2 heterocycles.